The minimum absolute atomic E-state index is 0.0756. The zero-order chi connectivity index (χ0) is 83.5. The summed E-state index contributed by atoms with van der Waals surface area (Å²) < 4.78 is 61.6. The van der Waals surface area contributed by atoms with E-state index in [1.54, 1.807) is 91.5 Å². The minimum atomic E-state index is -0.248. The summed E-state index contributed by atoms with van der Waals surface area (Å²) in [5.74, 6) is 5.13. The van der Waals surface area contributed by atoms with Crippen LogP contribution in [0.15, 0.2) is 179 Å². The van der Waals surface area contributed by atoms with Crippen LogP contribution in [-0.2, 0) is 72.2 Å². The number of carbonyl (C=O) groups is 3. The van der Waals surface area contributed by atoms with Crippen LogP contribution in [0.5, 0.6) is 46.3 Å². The zero-order valence-electron chi connectivity index (χ0n) is 69.6. The van der Waals surface area contributed by atoms with Gasteiger partial charge in [0.1, 0.15) is 24.5 Å². The Bertz CT molecular complexity index is 5430. The second-order valence-electron chi connectivity index (χ2n) is 29.9. The zero-order valence-corrected chi connectivity index (χ0v) is 69.6. The molecular formula is C93H102N12O14. The Labute approximate surface area is 693 Å². The molecule has 3 aliphatic rings. The van der Waals surface area contributed by atoms with E-state index in [-0.39, 0.29) is 35.8 Å². The van der Waals surface area contributed by atoms with E-state index in [4.69, 9.17) is 51.1 Å². The molecule has 6 aromatic heterocycles. The SMILES string of the molecule is COc1cc2c(cc1OCCc1cncc(C)n1)C(c1ccc(C)cc1C)N(C(=O)CCc1cocn1)CC2.COc1cc2c(cc1OCCc1nccnc1OC)C(c1ccc(C)cc1C)N(C(=O)CCc1cocn1)CC2.COc1cnc(CCOc2cc3c(cc2OC)CCN(C(=O)CCc2cocn2)C3c2ccc(C)cc2C)cn1. The van der Waals surface area contributed by atoms with Crippen LogP contribution < -0.4 is 37.9 Å². The molecule has 0 radical (unpaired) electrons. The third-order valence-corrected chi connectivity index (χ3v) is 21.8. The fourth-order valence-electron chi connectivity index (χ4n) is 15.8. The molecular weight excluding hydrogens is 1510 g/mol. The van der Waals surface area contributed by atoms with E-state index in [9.17, 15) is 14.4 Å². The van der Waals surface area contributed by atoms with Crippen molar-refractivity contribution in [3.63, 3.8) is 0 Å². The van der Waals surface area contributed by atoms with Crippen LogP contribution in [0.2, 0.25) is 0 Å². The lowest BCUT2D eigenvalue weighted by Gasteiger charge is -2.39. The van der Waals surface area contributed by atoms with Crippen LogP contribution in [0.1, 0.15) is 161 Å². The highest BCUT2D eigenvalue weighted by Crippen LogP contribution is 2.47. The number of oxazole rings is 3. The first-order valence-corrected chi connectivity index (χ1v) is 40.1. The fourth-order valence-corrected chi connectivity index (χ4v) is 15.8. The summed E-state index contributed by atoms with van der Waals surface area (Å²) >= 11 is 0. The molecule has 6 aromatic carbocycles. The van der Waals surface area contributed by atoms with Gasteiger partial charge in [0, 0.05) is 102 Å². The van der Waals surface area contributed by atoms with Gasteiger partial charge in [0.2, 0.25) is 29.5 Å². The smallest absolute Gasteiger partial charge is 0.235 e. The second kappa shape index (κ2) is 39.8. The molecule has 15 rings (SSSR count). The normalized spacial score (nSPS) is 14.6. The largest absolute Gasteiger partial charge is 0.493 e. The van der Waals surface area contributed by atoms with Crippen LogP contribution >= 0.6 is 0 Å². The number of rotatable bonds is 29. The van der Waals surface area contributed by atoms with Crippen LogP contribution in [0.3, 0.4) is 0 Å². The van der Waals surface area contributed by atoms with E-state index in [0.717, 1.165) is 126 Å². The van der Waals surface area contributed by atoms with Gasteiger partial charge in [0.25, 0.3) is 0 Å². The summed E-state index contributed by atoms with van der Waals surface area (Å²) in [5.41, 5.74) is 22.5. The molecule has 0 aliphatic carbocycles. The number of ether oxygens (including phenoxy) is 8. The summed E-state index contributed by atoms with van der Waals surface area (Å²) in [6, 6.07) is 30.8. The standard InChI is InChI=1S/2C31H34N4O5.C31H34N4O4/c1-20-5-7-24(21(2)15-20)30-25-17-28(40-14-10-26-31(38-4)33-12-11-32-26)27(37-3)16-22(25)9-13-35(30)29(36)8-6-23-18-39-19-34-23;1-20-5-7-25(21(2)13-20)31-26-15-28(40-12-10-23-16-33-29(38-4)17-32-23)27(37-3)14-22(26)9-11-35(31)30(36)8-6-24-18-39-19-34-24;1-20-5-7-26(21(2)13-20)31-27-15-29(39-12-10-24-17-32-16-22(3)34-24)28(37-4)14-23(27)9-11-35(31)30(36)8-6-25-18-38-19-33-25/h5,7,11-12,15-19,30H,6,8-10,13-14H2,1-4H3;5,7,13-19,31H,6,8-12H2,1-4H3;5,7,13-19,31H,6,8-12H2,1-4H3. The highest BCUT2D eigenvalue weighted by molar-refractivity contribution is 5.80. The van der Waals surface area contributed by atoms with Gasteiger partial charge >= 0.3 is 0 Å². The molecule has 0 spiro atoms. The van der Waals surface area contributed by atoms with Crippen molar-refractivity contribution in [2.75, 3.05) is 75.0 Å². The number of hydrogen-bond donors (Lipinski definition) is 0. The molecule has 0 bridgehead atoms. The van der Waals surface area contributed by atoms with Crippen LogP contribution in [0.4, 0.5) is 0 Å². The Kier molecular flexibility index (Phi) is 28.0. The number of carbonyl (C=O) groups excluding carboxylic acids is 3. The maximum absolute atomic E-state index is 13.6. The van der Waals surface area contributed by atoms with Crippen molar-refractivity contribution in [1.82, 2.24) is 59.6 Å². The van der Waals surface area contributed by atoms with Crippen molar-refractivity contribution >= 4 is 17.7 Å². The number of benzene rings is 6. The van der Waals surface area contributed by atoms with Crippen LogP contribution in [-0.4, -0.2) is 152 Å². The number of nitrogens with zero attached hydrogens (tertiary/aromatic N) is 12. The molecule has 0 saturated heterocycles. The van der Waals surface area contributed by atoms with Gasteiger partial charge in [-0.15, -0.1) is 0 Å². The lowest BCUT2D eigenvalue weighted by atomic mass is 9.85. The molecule has 9 heterocycles. The second-order valence-corrected chi connectivity index (χ2v) is 29.9. The molecule has 618 valence electrons. The number of methoxy groups -OCH3 is 5. The lowest BCUT2D eigenvalue weighted by molar-refractivity contribution is -0.134. The highest BCUT2D eigenvalue weighted by atomic mass is 16.5. The average Bonchev–Trinajstić information content (AvgIpc) is 1.72. The van der Waals surface area contributed by atoms with Crippen molar-refractivity contribution in [2.45, 2.75) is 144 Å². The summed E-state index contributed by atoms with van der Waals surface area (Å²) in [5, 5.41) is 0. The monoisotopic (exact) mass is 1610 g/mol. The summed E-state index contributed by atoms with van der Waals surface area (Å²) in [6.45, 7) is 17.5. The van der Waals surface area contributed by atoms with Gasteiger partial charge in [-0.3, -0.25) is 34.3 Å². The third kappa shape index (κ3) is 20.7. The average molecular weight is 1610 g/mol. The van der Waals surface area contributed by atoms with Crippen molar-refractivity contribution in [1.29, 1.82) is 0 Å². The van der Waals surface area contributed by atoms with E-state index >= 15 is 0 Å². The molecule has 12 aromatic rings. The Morgan fingerprint density at radius 1 is 0.378 bits per heavy atom. The number of aryl methyl sites for hydroxylation is 10. The van der Waals surface area contributed by atoms with E-state index in [1.165, 1.54) is 35.9 Å². The van der Waals surface area contributed by atoms with Crippen molar-refractivity contribution < 1.29 is 65.5 Å². The van der Waals surface area contributed by atoms with E-state index in [0.29, 0.717) is 143 Å². The Morgan fingerprint density at radius 2 is 0.782 bits per heavy atom. The first kappa shape index (κ1) is 83.9. The maximum atomic E-state index is 13.6. The maximum Gasteiger partial charge on any atom is 0.235 e. The number of fused-ring (bicyclic) bond motifs is 3. The first-order valence-electron chi connectivity index (χ1n) is 40.1. The number of aromatic nitrogens is 9. The van der Waals surface area contributed by atoms with Gasteiger partial charge in [0.15, 0.2) is 53.7 Å². The van der Waals surface area contributed by atoms with Crippen LogP contribution in [0, 0.1) is 48.5 Å². The van der Waals surface area contributed by atoms with E-state index in [2.05, 4.69) is 153 Å². The fraction of sp³-hybridized carbons (Fsp3) is 0.355. The van der Waals surface area contributed by atoms with E-state index < -0.39 is 0 Å². The summed E-state index contributed by atoms with van der Waals surface area (Å²) in [7, 11) is 8.09. The topological polar surface area (TPSA) is 290 Å². The first-order chi connectivity index (χ1) is 57.9. The van der Waals surface area contributed by atoms with Crippen molar-refractivity contribution in [2.24, 2.45) is 0 Å². The van der Waals surface area contributed by atoms with Gasteiger partial charge in [0.05, 0.1) is 120 Å². The molecule has 3 amide bonds. The highest BCUT2D eigenvalue weighted by Gasteiger charge is 2.38. The molecule has 26 heteroatoms. The summed E-state index contributed by atoms with van der Waals surface area (Å²) in [6.07, 6.45) is 25.6. The summed E-state index contributed by atoms with van der Waals surface area (Å²) in [4.78, 5) is 85.4. The molecule has 3 unspecified atom stereocenters. The van der Waals surface area contributed by atoms with Gasteiger partial charge in [-0.25, -0.2) is 24.9 Å². The lowest BCUT2D eigenvalue weighted by Crippen LogP contribution is -2.41. The molecule has 3 aliphatic heterocycles. The predicted octanol–water partition coefficient (Wildman–Crippen LogP) is 14.8. The molecule has 0 N–H and O–H groups in total. The Hall–Kier alpha value is -13.0. The van der Waals surface area contributed by atoms with Crippen LogP contribution in [0.25, 0.3) is 0 Å². The molecule has 26 nitrogen and oxygen atoms in total. The Balaban J connectivity index is 0.000000155. The molecule has 0 saturated carbocycles. The van der Waals surface area contributed by atoms with Gasteiger partial charge in [-0.2, -0.15) is 0 Å². The minimum Gasteiger partial charge on any atom is -0.493 e. The van der Waals surface area contributed by atoms with Crippen molar-refractivity contribution in [3.8, 4) is 46.3 Å². The molecule has 0 fully saturated rings. The Morgan fingerprint density at radius 3 is 1.13 bits per heavy atom. The quantitative estimate of drug-likeness (QED) is 0.0421. The number of amides is 3. The molecule has 119 heavy (non-hydrogen) atoms. The van der Waals surface area contributed by atoms with Gasteiger partial charge in [-0.1, -0.05) is 71.3 Å². The predicted molar refractivity (Wildman–Crippen MR) is 445 cm³/mol. The third-order valence-electron chi connectivity index (χ3n) is 21.8. The van der Waals surface area contributed by atoms with Gasteiger partial charge < -0.3 is 65.8 Å². The van der Waals surface area contributed by atoms with Gasteiger partial charge in [-0.05, 0) is 171 Å². The van der Waals surface area contributed by atoms with E-state index in [1.807, 2.05) is 45.9 Å². The molecule has 3 atom stereocenters. The number of hydrogen-bond acceptors (Lipinski definition) is 23. The van der Waals surface area contributed by atoms with Crippen molar-refractivity contribution in [3.05, 3.63) is 289 Å².